The minimum absolute atomic E-state index is 0. The van der Waals surface area contributed by atoms with Crippen LogP contribution in [0.5, 0.6) is 0 Å². The van der Waals surface area contributed by atoms with Crippen LogP contribution in [0.15, 0.2) is 63.4 Å². The first-order valence-electron chi connectivity index (χ1n) is 9.64. The van der Waals surface area contributed by atoms with Crippen LogP contribution in [-0.4, -0.2) is 32.1 Å². The van der Waals surface area contributed by atoms with Gasteiger partial charge in [0.1, 0.15) is 11.4 Å². The van der Waals surface area contributed by atoms with Crippen molar-refractivity contribution in [2.75, 3.05) is 0 Å². The van der Waals surface area contributed by atoms with E-state index in [9.17, 15) is 0 Å². The zero-order valence-electron chi connectivity index (χ0n) is 18.8. The molecule has 9 nitrogen and oxygen atoms in total. The summed E-state index contributed by atoms with van der Waals surface area (Å²) in [4.78, 5) is 7.76. The summed E-state index contributed by atoms with van der Waals surface area (Å²) in [7, 11) is 0. The number of hydrogen-bond acceptors (Lipinski definition) is 7. The van der Waals surface area contributed by atoms with E-state index in [1.54, 1.807) is 0 Å². The molecule has 3 aromatic rings. The minimum Gasteiger partial charge on any atom is -0.453 e. The molecule has 0 amide bonds. The first-order chi connectivity index (χ1) is 14.6. The predicted octanol–water partition coefficient (Wildman–Crippen LogP) is 2.01. The highest BCUT2D eigenvalue weighted by Gasteiger charge is 2.10. The number of halogens is 1. The maximum atomic E-state index is 8.79. The van der Waals surface area contributed by atoms with E-state index in [0.717, 1.165) is 0 Å². The van der Waals surface area contributed by atoms with Crippen molar-refractivity contribution in [3.05, 3.63) is 59.8 Å². The van der Waals surface area contributed by atoms with Crippen LogP contribution in [-0.2, 0) is 0 Å². The molecule has 0 saturated heterocycles. The summed E-state index contributed by atoms with van der Waals surface area (Å²) < 4.78 is 53.6. The molecule has 0 aliphatic carbocycles. The highest BCUT2D eigenvalue weighted by atomic mass is 35.5. The van der Waals surface area contributed by atoms with E-state index >= 15 is 0 Å². The van der Waals surface area contributed by atoms with E-state index in [1.165, 1.54) is 12.1 Å². The lowest BCUT2D eigenvalue weighted by molar-refractivity contribution is 0.318. The molecule has 0 saturated carbocycles. The van der Waals surface area contributed by atoms with Crippen LogP contribution in [0.4, 0.5) is 0 Å². The Balaban J connectivity index is 0.00000363. The molecule has 0 atom stereocenters. The Morgan fingerprint density at radius 1 is 0.885 bits per heavy atom. The third kappa shape index (κ3) is 3.73. The molecular formula is C16H15ClN6O3. The maximum absolute atomic E-state index is 8.79. The quantitative estimate of drug-likeness (QED) is 0.233. The number of hydrogen-bond donors (Lipinski definition) is 4. The van der Waals surface area contributed by atoms with Crippen molar-refractivity contribution >= 4 is 24.1 Å². The van der Waals surface area contributed by atoms with Crippen LogP contribution in [0.25, 0.3) is 22.9 Å². The first-order valence-corrected chi connectivity index (χ1v) is 6.64. The molecular weight excluding hydrogens is 360 g/mol. The van der Waals surface area contributed by atoms with Gasteiger partial charge in [-0.1, -0.05) is 10.3 Å². The lowest BCUT2D eigenvalue weighted by Gasteiger charge is -2.01. The molecule has 26 heavy (non-hydrogen) atoms. The van der Waals surface area contributed by atoms with Gasteiger partial charge >= 0.3 is 0 Å². The number of aromatic nitrogens is 2. The molecule has 10 heteroatoms. The topological polar surface area (TPSA) is 156 Å². The Hall–Kier alpha value is -3.59. The molecule has 0 aliphatic rings. The Kier molecular flexibility index (Phi) is 3.65. The Bertz CT molecular complexity index is 1170. The fourth-order valence-electron chi connectivity index (χ4n) is 1.75. The average molecular weight is 381 g/mol. The average Bonchev–Trinajstić information content (AvgIpc) is 3.22. The van der Waals surface area contributed by atoms with Crippen LogP contribution >= 0.6 is 12.4 Å². The van der Waals surface area contributed by atoms with Crippen molar-refractivity contribution in [2.24, 2.45) is 21.8 Å². The van der Waals surface area contributed by atoms with Crippen LogP contribution in [0.3, 0.4) is 0 Å². The minimum atomic E-state index is -0.539. The molecule has 0 spiro atoms. The van der Waals surface area contributed by atoms with Crippen molar-refractivity contribution in [2.45, 2.75) is 0 Å². The lowest BCUT2D eigenvalue weighted by Crippen LogP contribution is -2.13. The number of amidine groups is 2. The summed E-state index contributed by atoms with van der Waals surface area (Å²) in [6.07, 6.45) is -1.04. The third-order valence-corrected chi connectivity index (χ3v) is 2.97. The first kappa shape index (κ1) is 11.9. The molecule has 0 bridgehead atoms. The molecule has 3 heterocycles. The van der Waals surface area contributed by atoms with Gasteiger partial charge in [-0.3, -0.25) is 9.97 Å². The van der Waals surface area contributed by atoms with Crippen molar-refractivity contribution < 1.29 is 23.1 Å². The van der Waals surface area contributed by atoms with Crippen LogP contribution in [0.2, 0.25) is 0 Å². The molecule has 134 valence electrons. The summed E-state index contributed by atoms with van der Waals surface area (Å²) in [5, 5.41) is 23.0. The second-order valence-electron chi connectivity index (χ2n) is 4.53. The van der Waals surface area contributed by atoms with Gasteiger partial charge in [0.2, 0.25) is 0 Å². The summed E-state index contributed by atoms with van der Waals surface area (Å²) in [5.41, 5.74) is 9.85. The van der Waals surface area contributed by atoms with E-state index < -0.39 is 48.2 Å². The van der Waals surface area contributed by atoms with Gasteiger partial charge in [0.05, 0.1) is 8.22 Å². The molecule has 3 aromatic heterocycles. The van der Waals surface area contributed by atoms with E-state index in [1.807, 2.05) is 0 Å². The molecule has 6 N–H and O–H groups in total. The van der Waals surface area contributed by atoms with Gasteiger partial charge < -0.3 is 26.3 Å². The highest BCUT2D eigenvalue weighted by molar-refractivity contribution is 5.97. The maximum Gasteiger partial charge on any atom is 0.171 e. The molecule has 0 unspecified atom stereocenters. The van der Waals surface area contributed by atoms with E-state index in [4.69, 9.17) is 34.5 Å². The number of furan rings is 1. The molecule has 0 aliphatic heterocycles. The molecule has 3 rings (SSSR count). The van der Waals surface area contributed by atoms with Crippen molar-refractivity contribution in [1.29, 1.82) is 0 Å². The third-order valence-electron chi connectivity index (χ3n) is 2.97. The summed E-state index contributed by atoms with van der Waals surface area (Å²) in [6.45, 7) is 0. The van der Waals surface area contributed by atoms with Gasteiger partial charge in [0.25, 0.3) is 0 Å². The summed E-state index contributed by atoms with van der Waals surface area (Å²) in [6, 6.07) is 0.775. The number of oxime groups is 2. The number of pyridine rings is 2. The van der Waals surface area contributed by atoms with Crippen molar-refractivity contribution in [1.82, 2.24) is 9.97 Å². The monoisotopic (exact) mass is 380 g/mol. The van der Waals surface area contributed by atoms with Crippen LogP contribution in [0.1, 0.15) is 19.4 Å². The zero-order valence-corrected chi connectivity index (χ0v) is 13.6. The zero-order chi connectivity index (χ0) is 23.0. The van der Waals surface area contributed by atoms with Gasteiger partial charge in [-0.2, -0.15) is 0 Å². The van der Waals surface area contributed by atoms with E-state index in [-0.39, 0.29) is 46.4 Å². The van der Waals surface area contributed by atoms with E-state index in [0.29, 0.717) is 0 Å². The Labute approximate surface area is 162 Å². The van der Waals surface area contributed by atoms with E-state index in [2.05, 4.69) is 20.3 Å². The Morgan fingerprint density at radius 2 is 1.31 bits per heavy atom. The second kappa shape index (κ2) is 7.99. The number of nitrogens with two attached hydrogens (primary N) is 2. The molecule has 0 aromatic carbocycles. The fourth-order valence-corrected chi connectivity index (χ4v) is 1.75. The SMILES string of the molecule is Cl.[2H]c1nc(-c2ccc(-c3nc([2H])c(/C(N)=N\O)c([2H])c3[2H])o2)c([2H])c([2H])c1/C(N)=N\O. The number of rotatable bonds is 4. The van der Waals surface area contributed by atoms with Gasteiger partial charge in [-0.05, 0) is 36.3 Å². The predicted molar refractivity (Wildman–Crippen MR) is 97.4 cm³/mol. The van der Waals surface area contributed by atoms with Gasteiger partial charge in [-0.15, -0.1) is 12.4 Å². The van der Waals surface area contributed by atoms with Crippen LogP contribution in [0, 0.1) is 0 Å². The second-order valence-corrected chi connectivity index (χ2v) is 4.53. The standard InChI is InChI=1S/C16H14N6O3.ClH/c17-15(21-23)9-1-3-11(19-7-9)13-5-6-14(25-13)12-4-2-10(8-20-12)16(18)22-24;/h1-8,23-24H,(H2,17,21)(H2,18,22);1H/i1D,2D,3D,4D,7D,8D;. The normalized spacial score (nSPS) is 15.1. The van der Waals surface area contributed by atoms with Crippen LogP contribution < -0.4 is 11.5 Å². The van der Waals surface area contributed by atoms with Gasteiger partial charge in [-0.25, -0.2) is 0 Å². The molecule has 0 fully saturated rings. The lowest BCUT2D eigenvalue weighted by atomic mass is 10.2. The largest absolute Gasteiger partial charge is 0.453 e. The van der Waals surface area contributed by atoms with Gasteiger partial charge in [0.15, 0.2) is 23.2 Å². The van der Waals surface area contributed by atoms with Crippen molar-refractivity contribution in [3.8, 4) is 22.9 Å². The van der Waals surface area contributed by atoms with Gasteiger partial charge in [0, 0.05) is 23.5 Å². The summed E-state index contributed by atoms with van der Waals surface area (Å²) >= 11 is 0. The molecule has 0 radical (unpaired) electrons. The fraction of sp³-hybridized carbons (Fsp3) is 0. The smallest absolute Gasteiger partial charge is 0.171 e. The number of nitrogens with zero attached hydrogens (tertiary/aromatic N) is 4. The highest BCUT2D eigenvalue weighted by Crippen LogP contribution is 2.26. The van der Waals surface area contributed by atoms with Crippen molar-refractivity contribution in [3.63, 3.8) is 0 Å². The Morgan fingerprint density at radius 3 is 1.69 bits per heavy atom. The summed E-state index contributed by atoms with van der Waals surface area (Å²) in [5.74, 6) is -1.18.